The number of urea groups is 1. The van der Waals surface area contributed by atoms with Crippen LogP contribution in [0.1, 0.15) is 6.92 Å². The zero-order valence-electron chi connectivity index (χ0n) is 8.77. The van der Waals surface area contributed by atoms with Gasteiger partial charge in [-0.05, 0) is 6.92 Å². The lowest BCUT2D eigenvalue weighted by atomic mass is 10.3. The van der Waals surface area contributed by atoms with Crippen LogP contribution in [0.2, 0.25) is 0 Å². The van der Waals surface area contributed by atoms with Gasteiger partial charge in [0.2, 0.25) is 0 Å². The van der Waals surface area contributed by atoms with Crippen LogP contribution in [0.25, 0.3) is 0 Å². The Kier molecular flexibility index (Phi) is 3.92. The largest absolute Gasteiger partial charge is 0.338 e. The Morgan fingerprint density at radius 2 is 2.27 bits per heavy atom. The number of amides is 2. The van der Waals surface area contributed by atoms with Crippen molar-refractivity contribution in [2.45, 2.75) is 12.2 Å². The number of carbonyl (C=O) groups excluding carboxylic acids is 1. The minimum absolute atomic E-state index is 0.00595. The molecule has 15 heavy (non-hydrogen) atoms. The summed E-state index contributed by atoms with van der Waals surface area (Å²) in [7, 11) is -3.10. The van der Waals surface area contributed by atoms with Crippen molar-refractivity contribution in [3.63, 3.8) is 0 Å². The molecule has 7 heteroatoms. The van der Waals surface area contributed by atoms with Gasteiger partial charge < -0.3 is 16.0 Å². The summed E-state index contributed by atoms with van der Waals surface area (Å²) in [5, 5.41) is 2.02. The number of nitrogens with zero attached hydrogens (tertiary/aromatic N) is 1. The molecule has 2 amide bonds. The second kappa shape index (κ2) is 4.80. The number of hydrogen-bond acceptors (Lipinski definition) is 4. The number of nitrogens with two attached hydrogens (primary N) is 1. The first-order valence-corrected chi connectivity index (χ1v) is 6.67. The lowest BCUT2D eigenvalue weighted by Crippen LogP contribution is -2.54. The van der Waals surface area contributed by atoms with Crippen LogP contribution in [0.15, 0.2) is 0 Å². The second-order valence-electron chi connectivity index (χ2n) is 3.51. The number of hydrogen-bond donors (Lipinski definition) is 2. The molecule has 1 aliphatic heterocycles. The molecule has 1 unspecified atom stereocenters. The molecule has 0 aromatic heterocycles. The Hall–Kier alpha value is -0.820. The minimum atomic E-state index is -3.10. The van der Waals surface area contributed by atoms with Crippen molar-refractivity contribution in [2.24, 2.45) is 5.73 Å². The van der Waals surface area contributed by atoms with E-state index in [0.29, 0.717) is 6.54 Å². The van der Waals surface area contributed by atoms with E-state index in [9.17, 15) is 13.2 Å². The molecular weight excluding hydrogens is 218 g/mol. The van der Waals surface area contributed by atoms with Gasteiger partial charge in [-0.3, -0.25) is 0 Å². The van der Waals surface area contributed by atoms with Crippen LogP contribution in [0.3, 0.4) is 0 Å². The molecule has 6 nitrogen and oxygen atoms in total. The van der Waals surface area contributed by atoms with Crippen molar-refractivity contribution in [2.75, 3.05) is 31.9 Å². The SMILES string of the molecule is CCNC(=O)N1CCS(=O)(=O)C(CN)C1. The smallest absolute Gasteiger partial charge is 0.317 e. The third-order valence-corrected chi connectivity index (χ3v) is 4.56. The molecule has 1 atom stereocenters. The van der Waals surface area contributed by atoms with Crippen LogP contribution >= 0.6 is 0 Å². The van der Waals surface area contributed by atoms with Crippen LogP contribution in [-0.4, -0.2) is 56.5 Å². The predicted molar refractivity (Wildman–Crippen MR) is 57.3 cm³/mol. The van der Waals surface area contributed by atoms with E-state index in [0.717, 1.165) is 0 Å². The predicted octanol–water partition coefficient (Wildman–Crippen LogP) is -1.23. The number of rotatable bonds is 2. The van der Waals surface area contributed by atoms with Crippen molar-refractivity contribution in [3.8, 4) is 0 Å². The van der Waals surface area contributed by atoms with Crippen LogP contribution in [-0.2, 0) is 9.84 Å². The summed E-state index contributed by atoms with van der Waals surface area (Å²) in [4.78, 5) is 13.0. The average molecular weight is 235 g/mol. The first-order valence-electron chi connectivity index (χ1n) is 4.95. The van der Waals surface area contributed by atoms with Gasteiger partial charge in [0, 0.05) is 26.2 Å². The van der Waals surface area contributed by atoms with Gasteiger partial charge in [0.15, 0.2) is 9.84 Å². The van der Waals surface area contributed by atoms with Crippen molar-refractivity contribution >= 4 is 15.9 Å². The Morgan fingerprint density at radius 3 is 2.80 bits per heavy atom. The summed E-state index contributed by atoms with van der Waals surface area (Å²) in [5.41, 5.74) is 5.38. The van der Waals surface area contributed by atoms with Gasteiger partial charge in [0.1, 0.15) is 0 Å². The Balaban J connectivity index is 2.65. The van der Waals surface area contributed by atoms with Crippen molar-refractivity contribution < 1.29 is 13.2 Å². The van der Waals surface area contributed by atoms with E-state index >= 15 is 0 Å². The van der Waals surface area contributed by atoms with Crippen molar-refractivity contribution in [3.05, 3.63) is 0 Å². The highest BCUT2D eigenvalue weighted by Gasteiger charge is 2.33. The highest BCUT2D eigenvalue weighted by molar-refractivity contribution is 7.92. The maximum atomic E-state index is 11.5. The average Bonchev–Trinajstić information content (AvgIpc) is 2.17. The van der Waals surface area contributed by atoms with E-state index < -0.39 is 15.1 Å². The molecule has 1 rings (SSSR count). The summed E-state index contributed by atoms with van der Waals surface area (Å²) < 4.78 is 23.0. The van der Waals surface area contributed by atoms with Gasteiger partial charge in [0.05, 0.1) is 11.0 Å². The molecule has 0 aromatic carbocycles. The van der Waals surface area contributed by atoms with Gasteiger partial charge in [-0.2, -0.15) is 0 Å². The standard InChI is InChI=1S/C8H17N3O3S/c1-2-10-8(12)11-3-4-15(13,14)7(5-9)6-11/h7H,2-6,9H2,1H3,(H,10,12). The fourth-order valence-corrected chi connectivity index (χ4v) is 3.03. The van der Waals surface area contributed by atoms with Crippen LogP contribution in [0, 0.1) is 0 Å². The normalized spacial score (nSPS) is 24.9. The topological polar surface area (TPSA) is 92.5 Å². The maximum absolute atomic E-state index is 11.5. The molecule has 0 radical (unpaired) electrons. The number of nitrogens with one attached hydrogen (secondary N) is 1. The van der Waals surface area contributed by atoms with Gasteiger partial charge in [0.25, 0.3) is 0 Å². The van der Waals surface area contributed by atoms with Gasteiger partial charge in [-0.1, -0.05) is 0 Å². The lowest BCUT2D eigenvalue weighted by Gasteiger charge is -2.31. The third-order valence-electron chi connectivity index (χ3n) is 2.46. The van der Waals surface area contributed by atoms with E-state index in [1.165, 1.54) is 4.90 Å². The molecule has 1 fully saturated rings. The van der Waals surface area contributed by atoms with Crippen molar-refractivity contribution in [1.29, 1.82) is 0 Å². The minimum Gasteiger partial charge on any atom is -0.338 e. The third kappa shape index (κ3) is 2.82. The van der Waals surface area contributed by atoms with E-state index in [4.69, 9.17) is 5.73 Å². The van der Waals surface area contributed by atoms with Crippen LogP contribution in [0.5, 0.6) is 0 Å². The highest BCUT2D eigenvalue weighted by Crippen LogP contribution is 2.11. The molecule has 0 saturated carbocycles. The molecule has 1 saturated heterocycles. The van der Waals surface area contributed by atoms with E-state index in [1.807, 2.05) is 6.92 Å². The molecule has 0 bridgehead atoms. The highest BCUT2D eigenvalue weighted by atomic mass is 32.2. The molecular formula is C8H17N3O3S. The van der Waals surface area contributed by atoms with E-state index in [1.54, 1.807) is 0 Å². The van der Waals surface area contributed by atoms with Gasteiger partial charge in [-0.25, -0.2) is 13.2 Å². The van der Waals surface area contributed by atoms with Crippen molar-refractivity contribution in [1.82, 2.24) is 10.2 Å². The maximum Gasteiger partial charge on any atom is 0.317 e. The van der Waals surface area contributed by atoms with Gasteiger partial charge >= 0.3 is 6.03 Å². The first-order chi connectivity index (χ1) is 7.01. The molecule has 1 aliphatic rings. The summed E-state index contributed by atoms with van der Waals surface area (Å²) >= 11 is 0. The quantitative estimate of drug-likeness (QED) is 0.627. The Bertz CT molecular complexity index is 328. The van der Waals surface area contributed by atoms with Crippen LogP contribution in [0.4, 0.5) is 4.79 Å². The Labute approximate surface area is 89.7 Å². The zero-order chi connectivity index (χ0) is 11.5. The first kappa shape index (κ1) is 12.3. The van der Waals surface area contributed by atoms with E-state index in [-0.39, 0.29) is 31.4 Å². The molecule has 0 spiro atoms. The number of sulfone groups is 1. The number of carbonyl (C=O) groups is 1. The summed E-state index contributed by atoms with van der Waals surface area (Å²) in [6.07, 6.45) is 0. The molecule has 0 aromatic rings. The molecule has 88 valence electrons. The lowest BCUT2D eigenvalue weighted by molar-refractivity contribution is 0.199. The fourth-order valence-electron chi connectivity index (χ4n) is 1.52. The van der Waals surface area contributed by atoms with Crippen LogP contribution < -0.4 is 11.1 Å². The molecule has 3 N–H and O–H groups in total. The van der Waals surface area contributed by atoms with Gasteiger partial charge in [-0.15, -0.1) is 0 Å². The molecule has 1 heterocycles. The second-order valence-corrected chi connectivity index (χ2v) is 5.91. The Morgan fingerprint density at radius 1 is 1.60 bits per heavy atom. The zero-order valence-corrected chi connectivity index (χ0v) is 9.59. The fraction of sp³-hybridized carbons (Fsp3) is 0.875. The monoisotopic (exact) mass is 235 g/mol. The summed E-state index contributed by atoms with van der Waals surface area (Å²) in [6.45, 7) is 2.88. The van der Waals surface area contributed by atoms with E-state index in [2.05, 4.69) is 5.32 Å². The molecule has 0 aliphatic carbocycles. The summed E-state index contributed by atoms with van der Waals surface area (Å²) in [6, 6.07) is -0.217. The summed E-state index contributed by atoms with van der Waals surface area (Å²) in [5.74, 6) is 0.00595.